The first-order chi connectivity index (χ1) is 21.8. The van der Waals surface area contributed by atoms with E-state index in [1.807, 2.05) is 33.9 Å². The van der Waals surface area contributed by atoms with Crippen LogP contribution in [0.25, 0.3) is 11.4 Å². The fourth-order valence-corrected chi connectivity index (χ4v) is 5.67. The molecule has 7 rings (SSSR count). The number of benzene rings is 5. The van der Waals surface area contributed by atoms with E-state index < -0.39 is 0 Å². The highest BCUT2D eigenvalue weighted by atomic mass is 15.3. The van der Waals surface area contributed by atoms with Crippen LogP contribution < -0.4 is 32.3 Å². The Labute approximate surface area is 258 Å². The van der Waals surface area contributed by atoms with Crippen LogP contribution in [0.1, 0.15) is 0 Å². The minimum Gasteiger partial charge on any atom is -0.417 e. The van der Waals surface area contributed by atoms with Crippen LogP contribution in [0.3, 0.4) is 0 Å². The van der Waals surface area contributed by atoms with Crippen molar-refractivity contribution in [1.82, 2.24) is 19.6 Å². The fraction of sp³-hybridized carbons (Fsp3) is 0. The van der Waals surface area contributed by atoms with E-state index >= 15 is 0 Å². The number of nitrogens with zero attached hydrogens (tertiary/aromatic N) is 4. The molecule has 0 saturated carbocycles. The first kappa shape index (κ1) is 27.1. The van der Waals surface area contributed by atoms with Crippen molar-refractivity contribution in [2.45, 2.75) is 0 Å². The maximum Gasteiger partial charge on any atom is 0.321 e. The lowest BCUT2D eigenvalue weighted by atomic mass is 9.50. The third kappa shape index (κ3) is 5.65. The molecule has 6 nitrogen and oxygen atoms in total. The molecule has 0 amide bonds. The highest BCUT2D eigenvalue weighted by Gasteiger charge is 2.28. The van der Waals surface area contributed by atoms with E-state index in [1.54, 1.807) is 12.4 Å². The molecule has 7 aromatic rings. The molecule has 0 aliphatic rings. The molecule has 210 valence electrons. The maximum atomic E-state index is 4.66. The van der Waals surface area contributed by atoms with Crippen LogP contribution in [-0.4, -0.2) is 33.3 Å². The first-order valence-corrected chi connectivity index (χ1v) is 14.7. The minimum absolute atomic E-state index is 0.132. The van der Waals surface area contributed by atoms with Crippen LogP contribution in [0.2, 0.25) is 0 Å². The van der Waals surface area contributed by atoms with Gasteiger partial charge in [-0.25, -0.2) is 9.36 Å². The molecule has 2 N–H and O–H groups in total. The van der Waals surface area contributed by atoms with Crippen molar-refractivity contribution in [3.8, 4) is 11.4 Å². The van der Waals surface area contributed by atoms with Crippen LogP contribution in [0, 0.1) is 0 Å². The molecule has 0 atom stereocenters. The molecule has 0 spiro atoms. The number of rotatable bonds is 10. The van der Waals surface area contributed by atoms with E-state index in [1.165, 1.54) is 0 Å². The van der Waals surface area contributed by atoms with Crippen molar-refractivity contribution in [3.05, 3.63) is 170 Å². The zero-order chi connectivity index (χ0) is 29.6. The number of aromatic nitrogens is 4. The van der Waals surface area contributed by atoms with E-state index in [0.29, 0.717) is 0 Å². The predicted octanol–water partition coefficient (Wildman–Crippen LogP) is 4.49. The maximum absolute atomic E-state index is 4.66. The molecule has 44 heavy (non-hydrogen) atoms. The summed E-state index contributed by atoms with van der Waals surface area (Å²) in [5.41, 5.74) is 8.29. The Morgan fingerprint density at radius 1 is 0.386 bits per heavy atom. The Bertz CT molecular complexity index is 1680. The van der Waals surface area contributed by atoms with Crippen molar-refractivity contribution in [2.75, 3.05) is 10.5 Å². The highest BCUT2D eigenvalue weighted by molar-refractivity contribution is 6.89. The lowest BCUT2D eigenvalue weighted by Gasteiger charge is -2.27. The van der Waals surface area contributed by atoms with Crippen molar-refractivity contribution in [1.29, 1.82) is 0 Å². The average Bonchev–Trinajstić information content (AvgIpc) is 3.84. The van der Waals surface area contributed by atoms with E-state index in [-0.39, 0.29) is 13.7 Å². The lowest BCUT2D eigenvalue weighted by Crippen LogP contribution is -2.51. The van der Waals surface area contributed by atoms with Gasteiger partial charge in [-0.1, -0.05) is 143 Å². The van der Waals surface area contributed by atoms with Gasteiger partial charge in [-0.3, -0.25) is 0 Å². The SMILES string of the molecule is c1ccc(B(Nc2c(-n3cccn3)ccc(-n3cccn3)c2NB(c2ccccc2)c2ccccc2)c2ccccc2)cc1. The average molecular weight is 568 g/mol. The van der Waals surface area contributed by atoms with Crippen LogP contribution in [0.5, 0.6) is 0 Å². The molecule has 0 aliphatic carbocycles. The Hall–Kier alpha value is -5.75. The second-order valence-corrected chi connectivity index (χ2v) is 10.6. The predicted molar refractivity (Wildman–Crippen MR) is 184 cm³/mol. The van der Waals surface area contributed by atoms with Crippen LogP contribution >= 0.6 is 0 Å². The minimum atomic E-state index is -0.132. The van der Waals surface area contributed by atoms with Gasteiger partial charge in [0.1, 0.15) is 0 Å². The third-order valence-electron chi connectivity index (χ3n) is 7.77. The topological polar surface area (TPSA) is 59.7 Å². The number of hydrogen-bond acceptors (Lipinski definition) is 4. The molecule has 0 aliphatic heterocycles. The van der Waals surface area contributed by atoms with Crippen molar-refractivity contribution >= 4 is 46.9 Å². The number of anilines is 2. The van der Waals surface area contributed by atoms with Gasteiger partial charge in [0, 0.05) is 24.8 Å². The second kappa shape index (κ2) is 12.6. The summed E-state index contributed by atoms with van der Waals surface area (Å²) in [5, 5.41) is 17.3. The molecular formula is C36H30B2N6. The van der Waals surface area contributed by atoms with E-state index in [4.69, 9.17) is 0 Å². The smallest absolute Gasteiger partial charge is 0.321 e. The lowest BCUT2D eigenvalue weighted by molar-refractivity contribution is 0.868. The Balaban J connectivity index is 1.46. The van der Waals surface area contributed by atoms with Gasteiger partial charge in [0.15, 0.2) is 0 Å². The van der Waals surface area contributed by atoms with Gasteiger partial charge < -0.3 is 10.5 Å². The van der Waals surface area contributed by atoms with Crippen LogP contribution in [0.4, 0.5) is 11.4 Å². The summed E-state index contributed by atoms with van der Waals surface area (Å²) >= 11 is 0. The monoisotopic (exact) mass is 568 g/mol. The third-order valence-corrected chi connectivity index (χ3v) is 7.77. The summed E-state index contributed by atoms with van der Waals surface area (Å²) in [7, 11) is 0. The summed E-state index contributed by atoms with van der Waals surface area (Å²) in [5.74, 6) is 0. The molecule has 0 fully saturated rings. The van der Waals surface area contributed by atoms with E-state index in [9.17, 15) is 0 Å². The van der Waals surface area contributed by atoms with Crippen LogP contribution in [0.15, 0.2) is 170 Å². The van der Waals surface area contributed by atoms with E-state index in [2.05, 4.69) is 154 Å². The van der Waals surface area contributed by atoms with Crippen molar-refractivity contribution in [2.24, 2.45) is 0 Å². The van der Waals surface area contributed by atoms with E-state index in [0.717, 1.165) is 44.6 Å². The van der Waals surface area contributed by atoms with Gasteiger partial charge in [-0.15, -0.1) is 0 Å². The van der Waals surface area contributed by atoms with Crippen molar-refractivity contribution in [3.63, 3.8) is 0 Å². The number of hydrogen-bond donors (Lipinski definition) is 2. The Morgan fingerprint density at radius 2 is 0.705 bits per heavy atom. The molecule has 0 bridgehead atoms. The van der Waals surface area contributed by atoms with Crippen LogP contribution in [-0.2, 0) is 0 Å². The molecule has 0 radical (unpaired) electrons. The fourth-order valence-electron chi connectivity index (χ4n) is 5.67. The standard InChI is InChI=1S/C36H30B2N6/c1-5-15-29(16-6-1)37(30-17-7-2-8-18-30)41-35-33(43-27-13-25-39-43)23-24-34(44-28-14-26-40-44)36(35)42-38(31-19-9-3-10-20-31)32-21-11-4-12-22-32/h1-28,41-42H. The molecule has 2 aromatic heterocycles. The Kier molecular flexibility index (Phi) is 7.78. The van der Waals surface area contributed by atoms with Gasteiger partial charge in [-0.05, 0) is 24.3 Å². The zero-order valence-electron chi connectivity index (χ0n) is 24.1. The van der Waals surface area contributed by atoms with Crippen molar-refractivity contribution < 1.29 is 0 Å². The quantitative estimate of drug-likeness (QED) is 0.239. The molecule has 0 unspecified atom stereocenters. The van der Waals surface area contributed by atoms with Gasteiger partial charge in [0.05, 0.1) is 22.7 Å². The highest BCUT2D eigenvalue weighted by Crippen LogP contribution is 2.35. The van der Waals surface area contributed by atoms with Gasteiger partial charge >= 0.3 is 13.7 Å². The summed E-state index contributed by atoms with van der Waals surface area (Å²) in [6, 6.07) is 50.3. The summed E-state index contributed by atoms with van der Waals surface area (Å²) in [6.45, 7) is -0.265. The molecule has 8 heteroatoms. The molecule has 5 aromatic carbocycles. The summed E-state index contributed by atoms with van der Waals surface area (Å²) < 4.78 is 3.82. The van der Waals surface area contributed by atoms with Gasteiger partial charge in [0.25, 0.3) is 0 Å². The normalized spacial score (nSPS) is 10.7. The summed E-state index contributed by atoms with van der Waals surface area (Å²) in [4.78, 5) is 0. The molecule has 2 heterocycles. The first-order valence-electron chi connectivity index (χ1n) is 14.7. The van der Waals surface area contributed by atoms with Gasteiger partial charge in [-0.2, -0.15) is 10.2 Å². The van der Waals surface area contributed by atoms with Gasteiger partial charge in [0.2, 0.25) is 0 Å². The molecular weight excluding hydrogens is 538 g/mol. The second-order valence-electron chi connectivity index (χ2n) is 10.6. The number of nitrogens with one attached hydrogen (secondary N) is 2. The molecule has 0 saturated heterocycles. The Morgan fingerprint density at radius 3 is 0.977 bits per heavy atom. The summed E-state index contributed by atoms with van der Waals surface area (Å²) in [6.07, 6.45) is 7.56. The largest absolute Gasteiger partial charge is 0.417 e. The zero-order valence-corrected chi connectivity index (χ0v) is 24.1.